The third-order valence-corrected chi connectivity index (χ3v) is 4.20. The van der Waals surface area contributed by atoms with E-state index < -0.39 is 11.6 Å². The molecule has 126 valence electrons. The van der Waals surface area contributed by atoms with E-state index in [2.05, 4.69) is 37.5 Å². The minimum Gasteiger partial charge on any atom is -0.350 e. The second kappa shape index (κ2) is 6.43. The van der Waals surface area contributed by atoms with Crippen LogP contribution in [0.1, 0.15) is 11.1 Å². The molecule has 25 heavy (non-hydrogen) atoms. The Balaban J connectivity index is 1.58. The number of anilines is 3. The van der Waals surface area contributed by atoms with E-state index >= 15 is 0 Å². The molecule has 1 aliphatic rings. The first-order valence-electron chi connectivity index (χ1n) is 7.93. The second-order valence-corrected chi connectivity index (χ2v) is 5.80. The maximum absolute atomic E-state index is 13.8. The molecule has 0 saturated heterocycles. The number of hydrogen-bond donors (Lipinski definition) is 1. The van der Waals surface area contributed by atoms with Crippen LogP contribution in [0.15, 0.2) is 48.7 Å². The molecule has 1 aromatic heterocycles. The topological polar surface area (TPSA) is 53.9 Å². The summed E-state index contributed by atoms with van der Waals surface area (Å²) in [7, 11) is 0. The fraction of sp³-hybridized carbons (Fsp3) is 0.167. The fourth-order valence-corrected chi connectivity index (χ4v) is 2.92. The highest BCUT2D eigenvalue weighted by molar-refractivity contribution is 5.56. The molecule has 0 radical (unpaired) electrons. The molecule has 5 nitrogen and oxygen atoms in total. The lowest BCUT2D eigenvalue weighted by atomic mass is 10.0. The van der Waals surface area contributed by atoms with Crippen LogP contribution in [-0.4, -0.2) is 21.7 Å². The molecule has 0 unspecified atom stereocenters. The van der Waals surface area contributed by atoms with Crippen molar-refractivity contribution < 1.29 is 8.78 Å². The number of fused-ring (bicyclic) bond motifs is 1. The number of rotatable bonds is 3. The Kier molecular flexibility index (Phi) is 3.97. The van der Waals surface area contributed by atoms with Crippen molar-refractivity contribution in [3.63, 3.8) is 0 Å². The van der Waals surface area contributed by atoms with Crippen LogP contribution in [0, 0.1) is 11.6 Å². The highest BCUT2D eigenvalue weighted by Crippen LogP contribution is 2.25. The SMILES string of the molecule is Fc1cccc(F)c1Nc1nncc(N2CCc3ccccc3C2)n1. The van der Waals surface area contributed by atoms with Crippen molar-refractivity contribution in [2.45, 2.75) is 13.0 Å². The first kappa shape index (κ1) is 15.4. The Morgan fingerprint density at radius 3 is 2.52 bits per heavy atom. The Labute approximate surface area is 143 Å². The lowest BCUT2D eigenvalue weighted by molar-refractivity contribution is 0.590. The fourth-order valence-electron chi connectivity index (χ4n) is 2.92. The first-order chi connectivity index (χ1) is 12.2. The van der Waals surface area contributed by atoms with Crippen molar-refractivity contribution in [3.05, 3.63) is 71.4 Å². The van der Waals surface area contributed by atoms with Crippen LogP contribution in [0.25, 0.3) is 0 Å². The number of para-hydroxylation sites is 1. The minimum atomic E-state index is -0.707. The zero-order valence-electron chi connectivity index (χ0n) is 13.3. The van der Waals surface area contributed by atoms with Crippen molar-refractivity contribution in [2.24, 2.45) is 0 Å². The average molecular weight is 339 g/mol. The van der Waals surface area contributed by atoms with Gasteiger partial charge in [0.05, 0.1) is 6.20 Å². The minimum absolute atomic E-state index is 0.0559. The summed E-state index contributed by atoms with van der Waals surface area (Å²) in [5, 5.41) is 10.3. The molecule has 7 heteroatoms. The summed E-state index contributed by atoms with van der Waals surface area (Å²) in [5.74, 6) is -0.745. The number of benzene rings is 2. The molecule has 4 rings (SSSR count). The van der Waals surface area contributed by atoms with Crippen molar-refractivity contribution in [1.82, 2.24) is 15.2 Å². The van der Waals surface area contributed by atoms with E-state index in [-0.39, 0.29) is 11.6 Å². The summed E-state index contributed by atoms with van der Waals surface area (Å²) in [6, 6.07) is 11.9. The van der Waals surface area contributed by atoms with Gasteiger partial charge in [0.2, 0.25) is 5.95 Å². The lowest BCUT2D eigenvalue weighted by Gasteiger charge is -2.29. The molecule has 0 atom stereocenters. The quantitative estimate of drug-likeness (QED) is 0.792. The van der Waals surface area contributed by atoms with Gasteiger partial charge in [-0.2, -0.15) is 10.1 Å². The summed E-state index contributed by atoms with van der Waals surface area (Å²) in [5.41, 5.74) is 2.28. The van der Waals surface area contributed by atoms with Gasteiger partial charge in [0, 0.05) is 13.1 Å². The Hall–Kier alpha value is -3.09. The van der Waals surface area contributed by atoms with Gasteiger partial charge in [-0.15, -0.1) is 5.10 Å². The van der Waals surface area contributed by atoms with Gasteiger partial charge in [0.25, 0.3) is 0 Å². The van der Waals surface area contributed by atoms with Gasteiger partial charge in [0.1, 0.15) is 17.3 Å². The summed E-state index contributed by atoms with van der Waals surface area (Å²) >= 11 is 0. The number of halogens is 2. The normalized spacial score (nSPS) is 13.4. The van der Waals surface area contributed by atoms with Crippen LogP contribution in [0.3, 0.4) is 0 Å². The smallest absolute Gasteiger partial charge is 0.249 e. The molecule has 2 heterocycles. The molecule has 3 aromatic rings. The largest absolute Gasteiger partial charge is 0.350 e. The van der Waals surface area contributed by atoms with E-state index in [9.17, 15) is 8.78 Å². The molecule has 0 amide bonds. The van der Waals surface area contributed by atoms with Crippen LogP contribution in [0.2, 0.25) is 0 Å². The molecule has 0 aliphatic carbocycles. The van der Waals surface area contributed by atoms with Gasteiger partial charge in [-0.3, -0.25) is 0 Å². The van der Waals surface area contributed by atoms with Crippen LogP contribution in [-0.2, 0) is 13.0 Å². The van der Waals surface area contributed by atoms with Crippen LogP contribution >= 0.6 is 0 Å². The molecule has 1 aliphatic heterocycles. The Morgan fingerprint density at radius 1 is 0.960 bits per heavy atom. The van der Waals surface area contributed by atoms with E-state index in [1.54, 1.807) is 6.20 Å². The lowest BCUT2D eigenvalue weighted by Crippen LogP contribution is -2.31. The standard InChI is InChI=1S/C18H15F2N5/c19-14-6-3-7-15(20)17(14)23-18-22-16(10-21-24-18)25-9-8-12-4-1-2-5-13(12)11-25/h1-7,10H,8-9,11H2,(H,22,23,24). The Morgan fingerprint density at radius 2 is 1.72 bits per heavy atom. The van der Waals surface area contributed by atoms with Crippen molar-refractivity contribution in [1.29, 1.82) is 0 Å². The molecule has 2 aromatic carbocycles. The summed E-state index contributed by atoms with van der Waals surface area (Å²) < 4.78 is 27.5. The summed E-state index contributed by atoms with van der Waals surface area (Å²) in [4.78, 5) is 6.42. The van der Waals surface area contributed by atoms with Gasteiger partial charge in [-0.1, -0.05) is 30.3 Å². The van der Waals surface area contributed by atoms with Gasteiger partial charge >= 0.3 is 0 Å². The molecule has 0 spiro atoms. The summed E-state index contributed by atoms with van der Waals surface area (Å²) in [6.07, 6.45) is 2.46. The summed E-state index contributed by atoms with van der Waals surface area (Å²) in [6.45, 7) is 1.51. The molecule has 0 fully saturated rings. The maximum atomic E-state index is 13.8. The zero-order valence-corrected chi connectivity index (χ0v) is 13.3. The zero-order chi connectivity index (χ0) is 17.2. The van der Waals surface area contributed by atoms with Gasteiger partial charge < -0.3 is 10.2 Å². The Bertz CT molecular complexity index is 895. The number of nitrogens with one attached hydrogen (secondary N) is 1. The molecule has 0 bridgehead atoms. The van der Waals surface area contributed by atoms with Crippen molar-refractivity contribution >= 4 is 17.5 Å². The van der Waals surface area contributed by atoms with Crippen molar-refractivity contribution in [3.8, 4) is 0 Å². The van der Waals surface area contributed by atoms with Crippen LogP contribution in [0.5, 0.6) is 0 Å². The number of aromatic nitrogens is 3. The monoisotopic (exact) mass is 339 g/mol. The van der Waals surface area contributed by atoms with Gasteiger partial charge in [-0.05, 0) is 29.7 Å². The van der Waals surface area contributed by atoms with E-state index in [1.165, 1.54) is 29.3 Å². The van der Waals surface area contributed by atoms with Crippen LogP contribution < -0.4 is 10.2 Å². The molecular formula is C18H15F2N5. The van der Waals surface area contributed by atoms with E-state index in [0.717, 1.165) is 13.0 Å². The third-order valence-electron chi connectivity index (χ3n) is 4.20. The van der Waals surface area contributed by atoms with E-state index in [1.807, 2.05) is 12.1 Å². The van der Waals surface area contributed by atoms with E-state index in [0.29, 0.717) is 12.4 Å². The van der Waals surface area contributed by atoms with Gasteiger partial charge in [-0.25, -0.2) is 8.78 Å². The number of nitrogens with zero attached hydrogens (tertiary/aromatic N) is 4. The predicted octanol–water partition coefficient (Wildman–Crippen LogP) is 3.46. The second-order valence-electron chi connectivity index (χ2n) is 5.80. The van der Waals surface area contributed by atoms with Gasteiger partial charge in [0.15, 0.2) is 5.82 Å². The molecule has 0 saturated carbocycles. The predicted molar refractivity (Wildman–Crippen MR) is 90.7 cm³/mol. The highest BCUT2D eigenvalue weighted by Gasteiger charge is 2.18. The van der Waals surface area contributed by atoms with Crippen LogP contribution in [0.4, 0.5) is 26.2 Å². The van der Waals surface area contributed by atoms with Crippen molar-refractivity contribution in [2.75, 3.05) is 16.8 Å². The van der Waals surface area contributed by atoms with E-state index in [4.69, 9.17) is 0 Å². The molecule has 1 N–H and O–H groups in total. The highest BCUT2D eigenvalue weighted by atomic mass is 19.1. The first-order valence-corrected chi connectivity index (χ1v) is 7.93. The number of hydrogen-bond acceptors (Lipinski definition) is 5. The average Bonchev–Trinajstić information content (AvgIpc) is 2.65. The maximum Gasteiger partial charge on any atom is 0.249 e. The molecular weight excluding hydrogens is 324 g/mol. The third kappa shape index (κ3) is 3.13.